The monoisotopic (exact) mass is 210 g/mol. The second kappa shape index (κ2) is 6.02. The second-order valence-electron chi connectivity index (χ2n) is 2.92. The summed E-state index contributed by atoms with van der Waals surface area (Å²) in [6.07, 6.45) is 5.11. The summed E-state index contributed by atoms with van der Waals surface area (Å²) in [5.41, 5.74) is 3.51. The molecule has 3 nitrogen and oxygen atoms in total. The molecule has 0 aromatic carbocycles. The number of hydrogen-bond acceptors (Lipinski definition) is 3. The van der Waals surface area contributed by atoms with Crippen molar-refractivity contribution in [2.24, 2.45) is 0 Å². The van der Waals surface area contributed by atoms with Crippen LogP contribution in [0.3, 0.4) is 0 Å². The Bertz CT molecular complexity index is 304. The predicted octanol–water partition coefficient (Wildman–Crippen LogP) is -1.46. The minimum absolute atomic E-state index is 0. The van der Waals surface area contributed by atoms with Crippen molar-refractivity contribution in [3.63, 3.8) is 0 Å². The van der Waals surface area contributed by atoms with Crippen molar-refractivity contribution in [3.8, 4) is 0 Å². The van der Waals surface area contributed by atoms with Gasteiger partial charge in [-0.2, -0.15) is 0 Å². The first kappa shape index (κ1) is 13.4. The first-order valence-corrected chi connectivity index (χ1v) is 5.45. The van der Waals surface area contributed by atoms with E-state index in [4.69, 9.17) is 0 Å². The van der Waals surface area contributed by atoms with E-state index in [1.54, 1.807) is 0 Å². The third-order valence-corrected chi connectivity index (χ3v) is 2.27. The van der Waals surface area contributed by atoms with Gasteiger partial charge in [-0.15, -0.1) is 5.73 Å². The maximum Gasteiger partial charge on any atom is 1.00 e. The molecule has 0 N–H and O–H groups in total. The Labute approximate surface area is 101 Å². The summed E-state index contributed by atoms with van der Waals surface area (Å²) >= 11 is 0. The number of rotatable bonds is 1. The van der Waals surface area contributed by atoms with Gasteiger partial charge in [-0.25, -0.2) is 8.42 Å². The van der Waals surface area contributed by atoms with E-state index in [9.17, 15) is 13.0 Å². The second-order valence-corrected chi connectivity index (χ2v) is 4.14. The Kier molecular flexibility index (Phi) is 6.21. The first-order chi connectivity index (χ1) is 5.58. The number of allylic oxidation sites excluding steroid dienone is 1. The molecule has 0 aromatic heterocycles. The van der Waals surface area contributed by atoms with Crippen LogP contribution in [-0.4, -0.2) is 13.0 Å². The molecule has 0 radical (unpaired) electrons. The average molecular weight is 210 g/mol. The maximum absolute atomic E-state index is 10.2. The molecular formula is C8H11NaO3S. The van der Waals surface area contributed by atoms with Crippen molar-refractivity contribution in [2.75, 3.05) is 0 Å². The summed E-state index contributed by atoms with van der Waals surface area (Å²) in [5, 5.41) is 0.633. The molecule has 1 fully saturated rings. The van der Waals surface area contributed by atoms with Crippen LogP contribution in [-0.2, 0) is 10.1 Å². The van der Waals surface area contributed by atoms with E-state index in [0.717, 1.165) is 31.3 Å². The van der Waals surface area contributed by atoms with Crippen molar-refractivity contribution in [1.29, 1.82) is 0 Å². The molecule has 0 aliphatic heterocycles. The van der Waals surface area contributed by atoms with Gasteiger partial charge in [0.2, 0.25) is 0 Å². The molecule has 0 amide bonds. The molecule has 68 valence electrons. The van der Waals surface area contributed by atoms with Crippen LogP contribution in [0.15, 0.2) is 16.7 Å². The minimum atomic E-state index is -4.23. The van der Waals surface area contributed by atoms with Crippen molar-refractivity contribution in [3.05, 3.63) is 16.7 Å². The van der Waals surface area contributed by atoms with Crippen molar-refractivity contribution in [2.45, 2.75) is 32.1 Å². The molecule has 5 heteroatoms. The van der Waals surface area contributed by atoms with Gasteiger partial charge in [0.05, 0.1) is 5.41 Å². The third-order valence-electron chi connectivity index (χ3n) is 1.86. The van der Waals surface area contributed by atoms with Crippen LogP contribution in [0.25, 0.3) is 0 Å². The van der Waals surface area contributed by atoms with Gasteiger partial charge in [-0.05, 0) is 31.3 Å². The van der Waals surface area contributed by atoms with Gasteiger partial charge in [-0.1, -0.05) is 6.42 Å². The Morgan fingerprint density at radius 2 is 1.77 bits per heavy atom. The van der Waals surface area contributed by atoms with Crippen LogP contribution in [0, 0.1) is 0 Å². The first-order valence-electron chi connectivity index (χ1n) is 3.98. The Balaban J connectivity index is 0.00000144. The Hall–Kier alpha value is 0.430. The summed E-state index contributed by atoms with van der Waals surface area (Å²) < 4.78 is 30.6. The van der Waals surface area contributed by atoms with E-state index < -0.39 is 10.1 Å². The van der Waals surface area contributed by atoms with E-state index in [0.29, 0.717) is 5.41 Å². The van der Waals surface area contributed by atoms with Gasteiger partial charge in [0, 0.05) is 0 Å². The normalized spacial score (nSPS) is 17.2. The van der Waals surface area contributed by atoms with E-state index in [1.165, 1.54) is 6.42 Å². The van der Waals surface area contributed by atoms with Crippen molar-refractivity contribution < 1.29 is 42.5 Å². The number of hydrogen-bond donors (Lipinski definition) is 0. The van der Waals surface area contributed by atoms with E-state index in [1.807, 2.05) is 0 Å². The summed E-state index contributed by atoms with van der Waals surface area (Å²) in [4.78, 5) is 0. The van der Waals surface area contributed by atoms with Gasteiger partial charge in [0.15, 0.2) is 0 Å². The predicted molar refractivity (Wildman–Crippen MR) is 44.4 cm³/mol. The van der Waals surface area contributed by atoms with Gasteiger partial charge in [0.25, 0.3) is 0 Å². The molecular weight excluding hydrogens is 199 g/mol. The summed E-state index contributed by atoms with van der Waals surface area (Å²) in [7, 11) is -4.23. The fraction of sp³-hybridized carbons (Fsp3) is 0.625. The van der Waals surface area contributed by atoms with Gasteiger partial charge in [-0.3, -0.25) is 0 Å². The van der Waals surface area contributed by atoms with E-state index in [2.05, 4.69) is 5.73 Å². The molecule has 0 spiro atoms. The molecule has 0 aromatic rings. The topological polar surface area (TPSA) is 57.2 Å². The van der Waals surface area contributed by atoms with E-state index >= 15 is 0 Å². The molecule has 13 heavy (non-hydrogen) atoms. The largest absolute Gasteiger partial charge is 1.00 e. The zero-order valence-electron chi connectivity index (χ0n) is 7.75. The van der Waals surface area contributed by atoms with Gasteiger partial charge in [0.1, 0.15) is 10.1 Å². The summed E-state index contributed by atoms with van der Waals surface area (Å²) in [6.45, 7) is 0. The Morgan fingerprint density at radius 3 is 2.23 bits per heavy atom. The molecule has 0 bridgehead atoms. The van der Waals surface area contributed by atoms with Crippen LogP contribution >= 0.6 is 0 Å². The van der Waals surface area contributed by atoms with Crippen molar-refractivity contribution >= 4 is 10.1 Å². The zero-order valence-corrected chi connectivity index (χ0v) is 10.6. The molecule has 0 saturated heterocycles. The Morgan fingerprint density at radius 1 is 1.23 bits per heavy atom. The van der Waals surface area contributed by atoms with Crippen molar-refractivity contribution in [1.82, 2.24) is 0 Å². The van der Waals surface area contributed by atoms with Crippen LogP contribution in [0.2, 0.25) is 0 Å². The molecule has 1 aliphatic rings. The van der Waals surface area contributed by atoms with E-state index in [-0.39, 0.29) is 29.6 Å². The zero-order chi connectivity index (χ0) is 9.03. The molecule has 1 saturated carbocycles. The van der Waals surface area contributed by atoms with Crippen LogP contribution < -0.4 is 29.6 Å². The van der Waals surface area contributed by atoms with Gasteiger partial charge >= 0.3 is 29.6 Å². The molecule has 0 heterocycles. The summed E-state index contributed by atoms with van der Waals surface area (Å²) in [5.74, 6) is 0. The summed E-state index contributed by atoms with van der Waals surface area (Å²) in [6, 6.07) is 0. The average Bonchev–Trinajstić information content (AvgIpc) is 2.02. The fourth-order valence-electron chi connectivity index (χ4n) is 1.28. The molecule has 0 unspecified atom stereocenters. The molecule has 0 atom stereocenters. The molecule has 1 aliphatic carbocycles. The van der Waals surface area contributed by atoms with Crippen LogP contribution in [0.1, 0.15) is 32.1 Å². The van der Waals surface area contributed by atoms with Crippen LogP contribution in [0.4, 0.5) is 0 Å². The molecule has 1 rings (SSSR count). The fourth-order valence-corrected chi connectivity index (χ4v) is 1.59. The SMILES string of the molecule is O=S(=O)([O-])C=C=C1CCCCC1.[Na+]. The maximum atomic E-state index is 10.2. The minimum Gasteiger partial charge on any atom is -0.744 e. The third kappa shape index (κ3) is 6.49. The smallest absolute Gasteiger partial charge is 0.744 e. The van der Waals surface area contributed by atoms with Crippen LogP contribution in [0.5, 0.6) is 0 Å². The quantitative estimate of drug-likeness (QED) is 0.302. The standard InChI is InChI=1S/C8H12O3S.Na/c9-12(10,11)7-6-8-4-2-1-3-5-8;/h7H,1-5H2,(H,9,10,11);/q;+1/p-1. The van der Waals surface area contributed by atoms with Gasteiger partial charge < -0.3 is 4.55 Å².